The van der Waals surface area contributed by atoms with Crippen molar-refractivity contribution in [2.45, 2.75) is 13.0 Å². The normalized spacial score (nSPS) is 11.5. The second-order valence-corrected chi connectivity index (χ2v) is 7.80. The zero-order valence-corrected chi connectivity index (χ0v) is 15.7. The minimum atomic E-state index is -3.24. The van der Waals surface area contributed by atoms with Crippen LogP contribution < -0.4 is 10.5 Å². The van der Waals surface area contributed by atoms with Crippen molar-refractivity contribution in [3.8, 4) is 11.6 Å². The Labute approximate surface area is 160 Å². The third kappa shape index (κ3) is 4.96. The van der Waals surface area contributed by atoms with E-state index in [-0.39, 0.29) is 30.5 Å². The monoisotopic (exact) mass is 403 g/mol. The molecular weight excluding hydrogens is 386 g/mol. The van der Waals surface area contributed by atoms with E-state index in [1.807, 2.05) is 0 Å². The van der Waals surface area contributed by atoms with E-state index in [9.17, 15) is 18.0 Å². The van der Waals surface area contributed by atoms with Crippen molar-refractivity contribution in [3.63, 3.8) is 0 Å². The number of hydrogen-bond acceptors (Lipinski definition) is 8. The maximum Gasteiger partial charge on any atom is 0.442 e. The number of rotatable bonds is 8. The summed E-state index contributed by atoms with van der Waals surface area (Å²) in [6.07, 6.45) is 4.56. The van der Waals surface area contributed by atoms with Gasteiger partial charge < -0.3 is 0 Å². The van der Waals surface area contributed by atoms with Gasteiger partial charge in [-0.25, -0.2) is 32.5 Å². The lowest BCUT2D eigenvalue weighted by molar-refractivity contribution is 0.0969. The number of benzene rings is 1. The van der Waals surface area contributed by atoms with Gasteiger partial charge in [-0.2, -0.15) is 0 Å². The predicted molar refractivity (Wildman–Crippen MR) is 99.1 cm³/mol. The van der Waals surface area contributed by atoms with E-state index in [2.05, 4.69) is 24.4 Å². The molecule has 0 bridgehead atoms. The topological polar surface area (TPSA) is 137 Å². The van der Waals surface area contributed by atoms with Crippen LogP contribution >= 0.6 is 0 Å². The van der Waals surface area contributed by atoms with Gasteiger partial charge in [0, 0.05) is 24.5 Å². The van der Waals surface area contributed by atoms with Gasteiger partial charge in [0.2, 0.25) is 15.8 Å². The smallest absolute Gasteiger partial charge is 0.295 e. The molecule has 0 aliphatic heterocycles. The average molecular weight is 403 g/mol. The van der Waals surface area contributed by atoms with Gasteiger partial charge in [0.15, 0.2) is 11.6 Å². The largest absolute Gasteiger partial charge is 0.442 e. The lowest BCUT2D eigenvalue weighted by Crippen LogP contribution is -2.24. The number of ketones is 1. The van der Waals surface area contributed by atoms with Crippen molar-refractivity contribution < 1.29 is 17.7 Å². The highest BCUT2D eigenvalue weighted by molar-refractivity contribution is 7.88. The molecule has 28 heavy (non-hydrogen) atoms. The molecule has 0 saturated carbocycles. The molecule has 11 heteroatoms. The van der Waals surface area contributed by atoms with Crippen LogP contribution in [0.15, 0.2) is 52.0 Å². The highest BCUT2D eigenvalue weighted by Gasteiger charge is 2.18. The SMILES string of the molecule is CS(=O)(=O)NCCc1ccc(C(=O)Cn2c(-c3ncccn3)noc2=O)cc1. The Kier molecular flexibility index (Phi) is 5.76. The molecule has 2 heterocycles. The standard InChI is InChI=1S/C17H17N5O5S/c1-28(25,26)20-10-7-12-3-5-13(6-4-12)14(23)11-22-16(21-27-17(22)24)15-18-8-2-9-19-15/h2-6,8-9,20H,7,10-11H2,1H3. The third-order valence-corrected chi connectivity index (χ3v) is 4.54. The van der Waals surface area contributed by atoms with Gasteiger partial charge in [0.25, 0.3) is 0 Å². The molecule has 0 radical (unpaired) electrons. The van der Waals surface area contributed by atoms with Crippen molar-refractivity contribution in [2.75, 3.05) is 12.8 Å². The van der Waals surface area contributed by atoms with E-state index in [0.717, 1.165) is 16.4 Å². The maximum atomic E-state index is 12.5. The first kappa shape index (κ1) is 19.6. The van der Waals surface area contributed by atoms with Crippen LogP contribution in [-0.4, -0.2) is 46.7 Å². The zero-order valence-electron chi connectivity index (χ0n) is 14.9. The van der Waals surface area contributed by atoms with Crippen LogP contribution in [0.5, 0.6) is 0 Å². The van der Waals surface area contributed by atoms with Crippen LogP contribution in [-0.2, 0) is 23.0 Å². The number of carbonyl (C=O) groups excluding carboxylic acids is 1. The first-order chi connectivity index (χ1) is 13.3. The molecule has 10 nitrogen and oxygen atoms in total. The molecule has 0 aliphatic rings. The molecule has 146 valence electrons. The molecule has 0 unspecified atom stereocenters. The minimum Gasteiger partial charge on any atom is -0.295 e. The van der Waals surface area contributed by atoms with E-state index >= 15 is 0 Å². The molecule has 0 aliphatic carbocycles. The van der Waals surface area contributed by atoms with Gasteiger partial charge in [-0.15, -0.1) is 0 Å². The molecule has 0 atom stereocenters. The summed E-state index contributed by atoms with van der Waals surface area (Å²) < 4.78 is 30.3. The van der Waals surface area contributed by atoms with Crippen LogP contribution in [0.2, 0.25) is 0 Å². The summed E-state index contributed by atoms with van der Waals surface area (Å²) in [6.45, 7) is -0.00640. The van der Waals surface area contributed by atoms with Gasteiger partial charge in [0.1, 0.15) is 0 Å². The van der Waals surface area contributed by atoms with Crippen LogP contribution in [0.25, 0.3) is 11.6 Å². The van der Waals surface area contributed by atoms with Crippen LogP contribution in [0.3, 0.4) is 0 Å². The van der Waals surface area contributed by atoms with Crippen molar-refractivity contribution in [2.24, 2.45) is 0 Å². The Balaban J connectivity index is 1.71. The van der Waals surface area contributed by atoms with Gasteiger partial charge in [-0.3, -0.25) is 9.32 Å². The number of hydrogen-bond donors (Lipinski definition) is 1. The van der Waals surface area contributed by atoms with Crippen molar-refractivity contribution >= 4 is 15.8 Å². The summed E-state index contributed by atoms with van der Waals surface area (Å²) in [4.78, 5) is 32.5. The Morgan fingerprint density at radius 1 is 1.18 bits per heavy atom. The number of nitrogens with one attached hydrogen (secondary N) is 1. The highest BCUT2D eigenvalue weighted by Crippen LogP contribution is 2.11. The Hall–Kier alpha value is -3.18. The Bertz CT molecular complexity index is 1120. The summed E-state index contributed by atoms with van der Waals surface area (Å²) in [5.74, 6) is -0.847. The molecule has 0 spiro atoms. The molecule has 3 aromatic rings. The molecule has 1 aromatic carbocycles. The molecule has 0 fully saturated rings. The van der Waals surface area contributed by atoms with Crippen molar-refractivity contribution in [1.82, 2.24) is 24.4 Å². The van der Waals surface area contributed by atoms with E-state index in [4.69, 9.17) is 0 Å². The average Bonchev–Trinajstić information content (AvgIpc) is 3.02. The van der Waals surface area contributed by atoms with Gasteiger partial charge >= 0.3 is 5.76 Å². The molecule has 3 rings (SSSR count). The van der Waals surface area contributed by atoms with Crippen LogP contribution in [0.1, 0.15) is 15.9 Å². The molecular formula is C17H17N5O5S. The number of aromatic nitrogens is 4. The van der Waals surface area contributed by atoms with E-state index in [0.29, 0.717) is 12.0 Å². The fourth-order valence-corrected chi connectivity index (χ4v) is 2.93. The van der Waals surface area contributed by atoms with E-state index < -0.39 is 15.8 Å². The predicted octanol–water partition coefficient (Wildman–Crippen LogP) is 0.268. The van der Waals surface area contributed by atoms with Crippen LogP contribution in [0, 0.1) is 0 Å². The lowest BCUT2D eigenvalue weighted by Gasteiger charge is -2.06. The summed E-state index contributed by atoms with van der Waals surface area (Å²) in [7, 11) is -3.24. The minimum absolute atomic E-state index is 0.0717. The highest BCUT2D eigenvalue weighted by atomic mass is 32.2. The molecule has 2 aromatic heterocycles. The quantitative estimate of drug-likeness (QED) is 0.529. The Morgan fingerprint density at radius 3 is 2.50 bits per heavy atom. The van der Waals surface area contributed by atoms with Gasteiger partial charge in [0.05, 0.1) is 12.8 Å². The number of nitrogens with zero attached hydrogens (tertiary/aromatic N) is 4. The summed E-state index contributed by atoms with van der Waals surface area (Å²) in [5, 5.41) is 3.64. The second-order valence-electron chi connectivity index (χ2n) is 5.97. The molecule has 1 N–H and O–H groups in total. The summed E-state index contributed by atoms with van der Waals surface area (Å²) in [6, 6.07) is 8.32. The summed E-state index contributed by atoms with van der Waals surface area (Å²) in [5.41, 5.74) is 1.26. The lowest BCUT2D eigenvalue weighted by atomic mass is 10.1. The maximum absolute atomic E-state index is 12.5. The van der Waals surface area contributed by atoms with Crippen molar-refractivity contribution in [1.29, 1.82) is 0 Å². The zero-order chi connectivity index (χ0) is 20.1. The van der Waals surface area contributed by atoms with Gasteiger partial charge in [-0.1, -0.05) is 29.4 Å². The fraction of sp³-hybridized carbons (Fsp3) is 0.235. The number of sulfonamides is 1. The van der Waals surface area contributed by atoms with Crippen LogP contribution in [0.4, 0.5) is 0 Å². The molecule has 0 amide bonds. The second kappa shape index (κ2) is 8.23. The number of carbonyl (C=O) groups is 1. The van der Waals surface area contributed by atoms with E-state index in [1.165, 1.54) is 12.4 Å². The third-order valence-electron chi connectivity index (χ3n) is 3.81. The molecule has 0 saturated heterocycles. The van der Waals surface area contributed by atoms with Gasteiger partial charge in [-0.05, 0) is 18.1 Å². The van der Waals surface area contributed by atoms with E-state index in [1.54, 1.807) is 30.3 Å². The first-order valence-corrected chi connectivity index (χ1v) is 10.1. The fourth-order valence-electron chi connectivity index (χ4n) is 2.46. The number of Topliss-reactive ketones (excluding diaryl/α,β-unsaturated/α-hetero) is 1. The summed E-state index contributed by atoms with van der Waals surface area (Å²) >= 11 is 0. The van der Waals surface area contributed by atoms with Crippen molar-refractivity contribution in [3.05, 3.63) is 64.4 Å². The Morgan fingerprint density at radius 2 is 1.86 bits per heavy atom. The first-order valence-electron chi connectivity index (χ1n) is 8.24.